The van der Waals surface area contributed by atoms with Crippen LogP contribution in [-0.2, 0) is 0 Å². The number of hydrogen-bond acceptors (Lipinski definition) is 8. The maximum Gasteiger partial charge on any atom is 0.248 e. The number of rotatable bonds is 10. The van der Waals surface area contributed by atoms with Gasteiger partial charge >= 0.3 is 0 Å². The Morgan fingerprint density at radius 1 is 1.03 bits per heavy atom. The zero-order valence-corrected chi connectivity index (χ0v) is 19.7. The highest BCUT2D eigenvalue weighted by atomic mass is 16.5. The number of nitrogens with zero attached hydrogens (tertiary/aromatic N) is 3. The summed E-state index contributed by atoms with van der Waals surface area (Å²) >= 11 is 0. The van der Waals surface area contributed by atoms with E-state index in [0.29, 0.717) is 46.9 Å². The SMILES string of the molecule is CN(C)CCCOc1cc(C(N)=O)ccc1Nc1nccc(Oc2ccc(N)c3ccccc23)n1. The van der Waals surface area contributed by atoms with Gasteiger partial charge in [-0.05, 0) is 50.8 Å². The van der Waals surface area contributed by atoms with Crippen molar-refractivity contribution in [3.63, 3.8) is 0 Å². The number of ether oxygens (including phenoxy) is 2. The van der Waals surface area contributed by atoms with Gasteiger partial charge in [0.25, 0.3) is 0 Å². The van der Waals surface area contributed by atoms with E-state index in [4.69, 9.17) is 20.9 Å². The Kier molecular flexibility index (Phi) is 7.27. The van der Waals surface area contributed by atoms with Crippen molar-refractivity contribution in [1.29, 1.82) is 0 Å². The molecule has 0 aliphatic heterocycles. The van der Waals surface area contributed by atoms with Crippen molar-refractivity contribution < 1.29 is 14.3 Å². The van der Waals surface area contributed by atoms with Crippen molar-refractivity contribution in [1.82, 2.24) is 14.9 Å². The van der Waals surface area contributed by atoms with Crippen LogP contribution in [0.4, 0.5) is 17.3 Å². The van der Waals surface area contributed by atoms with Gasteiger partial charge in [0.1, 0.15) is 11.5 Å². The molecule has 1 amide bonds. The van der Waals surface area contributed by atoms with Crippen LogP contribution >= 0.6 is 0 Å². The average molecular weight is 473 g/mol. The number of primary amides is 1. The Hall–Kier alpha value is -4.37. The lowest BCUT2D eigenvalue weighted by molar-refractivity contribution is 0.1000. The highest BCUT2D eigenvalue weighted by Crippen LogP contribution is 2.33. The van der Waals surface area contributed by atoms with E-state index < -0.39 is 5.91 Å². The summed E-state index contributed by atoms with van der Waals surface area (Å²) in [7, 11) is 4.00. The first kappa shape index (κ1) is 23.8. The van der Waals surface area contributed by atoms with Crippen molar-refractivity contribution in [3.8, 4) is 17.4 Å². The molecule has 4 aromatic rings. The van der Waals surface area contributed by atoms with E-state index in [9.17, 15) is 4.79 Å². The zero-order chi connectivity index (χ0) is 24.8. The van der Waals surface area contributed by atoms with Crippen LogP contribution in [0.15, 0.2) is 66.9 Å². The largest absolute Gasteiger partial charge is 0.491 e. The Morgan fingerprint density at radius 2 is 1.83 bits per heavy atom. The third kappa shape index (κ3) is 5.96. The summed E-state index contributed by atoms with van der Waals surface area (Å²) in [5, 5.41) is 4.94. The normalized spacial score (nSPS) is 10.9. The standard InChI is InChI=1S/C26H28N6O3/c1-32(2)14-5-15-34-23-16-17(25(28)33)8-10-21(23)30-26-29-13-12-24(31-26)35-22-11-9-20(27)18-6-3-4-7-19(18)22/h3-4,6-13,16H,5,14-15,27H2,1-2H3,(H2,28,33)(H,29,30,31). The van der Waals surface area contributed by atoms with Crippen LogP contribution in [0.5, 0.6) is 17.4 Å². The summed E-state index contributed by atoms with van der Waals surface area (Å²) in [4.78, 5) is 22.5. The number of fused-ring (bicyclic) bond motifs is 1. The molecular weight excluding hydrogens is 444 g/mol. The molecule has 3 aromatic carbocycles. The monoisotopic (exact) mass is 472 g/mol. The van der Waals surface area contributed by atoms with E-state index in [2.05, 4.69) is 20.2 Å². The number of aromatic nitrogens is 2. The van der Waals surface area contributed by atoms with Crippen LogP contribution in [0.1, 0.15) is 16.8 Å². The topological polar surface area (TPSA) is 129 Å². The summed E-state index contributed by atoms with van der Waals surface area (Å²) in [6, 6.07) is 18.0. The van der Waals surface area contributed by atoms with Crippen LogP contribution < -0.4 is 26.3 Å². The van der Waals surface area contributed by atoms with Crippen molar-refractivity contribution in [2.24, 2.45) is 5.73 Å². The van der Waals surface area contributed by atoms with Gasteiger partial charge in [-0.3, -0.25) is 4.79 Å². The number of anilines is 3. The van der Waals surface area contributed by atoms with Crippen LogP contribution in [0, 0.1) is 0 Å². The van der Waals surface area contributed by atoms with Crippen LogP contribution in [0.3, 0.4) is 0 Å². The first-order valence-corrected chi connectivity index (χ1v) is 11.2. The van der Waals surface area contributed by atoms with Gasteiger partial charge in [-0.1, -0.05) is 24.3 Å². The first-order chi connectivity index (χ1) is 16.9. The van der Waals surface area contributed by atoms with Gasteiger partial charge in [-0.25, -0.2) is 4.98 Å². The fraction of sp³-hybridized carbons (Fsp3) is 0.192. The molecule has 0 radical (unpaired) electrons. The smallest absolute Gasteiger partial charge is 0.248 e. The third-order valence-electron chi connectivity index (χ3n) is 5.28. The van der Waals surface area contributed by atoms with E-state index in [0.717, 1.165) is 23.7 Å². The molecule has 0 saturated heterocycles. The lowest BCUT2D eigenvalue weighted by atomic mass is 10.1. The summed E-state index contributed by atoms with van der Waals surface area (Å²) in [5.41, 5.74) is 13.2. The molecule has 9 nitrogen and oxygen atoms in total. The number of nitrogen functional groups attached to an aromatic ring is 1. The highest BCUT2D eigenvalue weighted by Gasteiger charge is 2.12. The molecule has 9 heteroatoms. The lowest BCUT2D eigenvalue weighted by Gasteiger charge is -2.15. The average Bonchev–Trinajstić information content (AvgIpc) is 2.84. The van der Waals surface area contributed by atoms with Gasteiger partial charge in [-0.15, -0.1) is 0 Å². The summed E-state index contributed by atoms with van der Waals surface area (Å²) in [6.07, 6.45) is 2.42. The summed E-state index contributed by atoms with van der Waals surface area (Å²) < 4.78 is 12.0. The quantitative estimate of drug-likeness (QED) is 0.232. The predicted molar refractivity (Wildman–Crippen MR) is 137 cm³/mol. The van der Waals surface area contributed by atoms with E-state index in [1.807, 2.05) is 44.4 Å². The number of amides is 1. The van der Waals surface area contributed by atoms with E-state index in [-0.39, 0.29) is 0 Å². The minimum atomic E-state index is -0.530. The van der Waals surface area contributed by atoms with Gasteiger partial charge in [0, 0.05) is 40.8 Å². The van der Waals surface area contributed by atoms with Gasteiger partial charge in [0.05, 0.1) is 12.3 Å². The molecule has 0 saturated carbocycles. The van der Waals surface area contributed by atoms with E-state index in [1.54, 1.807) is 36.5 Å². The van der Waals surface area contributed by atoms with Gasteiger partial charge < -0.3 is 31.2 Å². The Bertz CT molecular complexity index is 1340. The molecule has 180 valence electrons. The molecule has 4 rings (SSSR count). The van der Waals surface area contributed by atoms with Crippen molar-refractivity contribution in [2.75, 3.05) is 38.3 Å². The summed E-state index contributed by atoms with van der Waals surface area (Å²) in [5.74, 6) is 1.26. The van der Waals surface area contributed by atoms with Crippen LogP contribution in [0.25, 0.3) is 10.8 Å². The zero-order valence-electron chi connectivity index (χ0n) is 19.7. The lowest BCUT2D eigenvalue weighted by Crippen LogP contribution is -2.16. The van der Waals surface area contributed by atoms with Crippen molar-refractivity contribution >= 4 is 34.0 Å². The number of nitrogens with two attached hydrogens (primary N) is 2. The molecule has 0 aliphatic carbocycles. The predicted octanol–water partition coefficient (Wildman–Crippen LogP) is 4.18. The second-order valence-corrected chi connectivity index (χ2v) is 8.22. The second kappa shape index (κ2) is 10.7. The fourth-order valence-electron chi connectivity index (χ4n) is 3.54. The number of carbonyl (C=O) groups is 1. The number of nitrogens with one attached hydrogen (secondary N) is 1. The molecule has 1 aromatic heterocycles. The molecule has 0 unspecified atom stereocenters. The van der Waals surface area contributed by atoms with E-state index >= 15 is 0 Å². The minimum absolute atomic E-state index is 0.312. The van der Waals surface area contributed by atoms with Gasteiger partial charge in [-0.2, -0.15) is 4.98 Å². The molecule has 0 atom stereocenters. The molecular formula is C26H28N6O3. The van der Waals surface area contributed by atoms with E-state index in [1.165, 1.54) is 0 Å². The molecule has 0 bridgehead atoms. The molecule has 5 N–H and O–H groups in total. The molecule has 35 heavy (non-hydrogen) atoms. The van der Waals surface area contributed by atoms with Crippen molar-refractivity contribution in [2.45, 2.75) is 6.42 Å². The van der Waals surface area contributed by atoms with Gasteiger partial charge in [0.15, 0.2) is 0 Å². The second-order valence-electron chi connectivity index (χ2n) is 8.22. The Morgan fingerprint density at radius 3 is 2.60 bits per heavy atom. The fourth-order valence-corrected chi connectivity index (χ4v) is 3.54. The number of hydrogen-bond donors (Lipinski definition) is 3. The number of benzene rings is 3. The molecule has 0 fully saturated rings. The highest BCUT2D eigenvalue weighted by molar-refractivity contribution is 5.97. The number of carbonyl (C=O) groups excluding carboxylic acids is 1. The maximum absolute atomic E-state index is 11.7. The Balaban J connectivity index is 1.55. The van der Waals surface area contributed by atoms with Crippen LogP contribution in [0.2, 0.25) is 0 Å². The molecule has 1 heterocycles. The first-order valence-electron chi connectivity index (χ1n) is 11.2. The Labute approximate surface area is 203 Å². The molecule has 0 aliphatic rings. The minimum Gasteiger partial charge on any atom is -0.491 e. The van der Waals surface area contributed by atoms with Gasteiger partial charge in [0.2, 0.25) is 17.7 Å². The van der Waals surface area contributed by atoms with Crippen LogP contribution in [-0.4, -0.2) is 48.0 Å². The summed E-state index contributed by atoms with van der Waals surface area (Å²) in [6.45, 7) is 1.35. The maximum atomic E-state index is 11.7. The third-order valence-corrected chi connectivity index (χ3v) is 5.28. The molecule has 0 spiro atoms. The van der Waals surface area contributed by atoms with Crippen molar-refractivity contribution in [3.05, 3.63) is 72.4 Å².